The summed E-state index contributed by atoms with van der Waals surface area (Å²) in [5.41, 5.74) is 9.97. The molecule has 3 aromatic carbocycles. The van der Waals surface area contributed by atoms with Crippen LogP contribution in [0.4, 0.5) is 8.78 Å². The molecule has 1 aromatic heterocycles. The zero-order valence-corrected chi connectivity index (χ0v) is 24.2. The lowest BCUT2D eigenvalue weighted by atomic mass is 9.83. The lowest BCUT2D eigenvalue weighted by Crippen LogP contribution is -2.30. The first kappa shape index (κ1) is 28.0. The highest BCUT2D eigenvalue weighted by Gasteiger charge is 2.27. The van der Waals surface area contributed by atoms with Gasteiger partial charge in [0.2, 0.25) is 0 Å². The number of pyridine rings is 1. The van der Waals surface area contributed by atoms with E-state index in [1.165, 1.54) is 23.3 Å². The van der Waals surface area contributed by atoms with Crippen molar-refractivity contribution in [1.29, 1.82) is 0 Å². The van der Waals surface area contributed by atoms with Gasteiger partial charge in [-0.1, -0.05) is 36.4 Å². The second-order valence-electron chi connectivity index (χ2n) is 11.4. The fourth-order valence-electron chi connectivity index (χ4n) is 6.59. The Hall–Kier alpha value is -4.10. The Balaban J connectivity index is 1.46. The van der Waals surface area contributed by atoms with Gasteiger partial charge in [-0.05, 0) is 91.1 Å². The fraction of sp³-hybridized carbons (Fsp3) is 0.314. The van der Waals surface area contributed by atoms with E-state index in [0.29, 0.717) is 54.3 Å². The summed E-state index contributed by atoms with van der Waals surface area (Å²) in [5, 5.41) is 9.87. The predicted octanol–water partition coefficient (Wildman–Crippen LogP) is 7.13. The van der Waals surface area contributed by atoms with Crippen molar-refractivity contribution in [3.05, 3.63) is 105 Å². The van der Waals surface area contributed by atoms with Gasteiger partial charge in [-0.15, -0.1) is 0 Å². The van der Waals surface area contributed by atoms with Crippen LogP contribution in [0.5, 0.6) is 5.75 Å². The standard InChI is InChI=1S/C35H34F2N2O3/c1-20-27-8-6-14-42-35(27)31(37)16-28(20)34-29(17-32(40)41)21(2)38-22(3)33(34)24-10-11-25-18-39(13-12-23(25)15-24)19-26-7-4-5-9-30(26)36/h4-5,7,9-11,15-16H,6,8,12-14,17-19H2,1-3H3,(H,40,41). The molecule has 1 N–H and O–H groups in total. The van der Waals surface area contributed by atoms with E-state index in [2.05, 4.69) is 17.0 Å². The summed E-state index contributed by atoms with van der Waals surface area (Å²) in [6.45, 7) is 8.26. The molecule has 7 heteroatoms. The van der Waals surface area contributed by atoms with Crippen LogP contribution >= 0.6 is 0 Å². The van der Waals surface area contributed by atoms with Crippen molar-refractivity contribution in [3.8, 4) is 28.0 Å². The molecule has 0 fully saturated rings. The van der Waals surface area contributed by atoms with Gasteiger partial charge in [0.05, 0.1) is 13.0 Å². The summed E-state index contributed by atoms with van der Waals surface area (Å²) in [5.74, 6) is -1.27. The van der Waals surface area contributed by atoms with Crippen molar-refractivity contribution < 1.29 is 23.4 Å². The van der Waals surface area contributed by atoms with E-state index >= 15 is 4.39 Å². The topological polar surface area (TPSA) is 62.7 Å². The Morgan fingerprint density at radius 1 is 0.976 bits per heavy atom. The number of nitrogens with zero attached hydrogens (tertiary/aromatic N) is 2. The molecule has 0 bridgehead atoms. The highest BCUT2D eigenvalue weighted by Crippen LogP contribution is 2.44. The highest BCUT2D eigenvalue weighted by molar-refractivity contribution is 5.91. The van der Waals surface area contributed by atoms with E-state index in [0.717, 1.165) is 52.9 Å². The quantitative estimate of drug-likeness (QED) is 0.268. The van der Waals surface area contributed by atoms with Gasteiger partial charge in [-0.2, -0.15) is 0 Å². The first-order chi connectivity index (χ1) is 20.2. The van der Waals surface area contributed by atoms with Gasteiger partial charge in [-0.3, -0.25) is 14.7 Å². The summed E-state index contributed by atoms with van der Waals surface area (Å²) in [6, 6.07) is 14.7. The molecule has 0 unspecified atom stereocenters. The minimum Gasteiger partial charge on any atom is -0.490 e. The average molecular weight is 569 g/mol. The molecule has 2 aliphatic rings. The van der Waals surface area contributed by atoms with Crippen molar-refractivity contribution in [2.75, 3.05) is 13.2 Å². The predicted molar refractivity (Wildman–Crippen MR) is 159 cm³/mol. The number of hydrogen-bond acceptors (Lipinski definition) is 4. The van der Waals surface area contributed by atoms with Gasteiger partial charge in [0.25, 0.3) is 0 Å². The van der Waals surface area contributed by atoms with E-state index in [1.54, 1.807) is 6.07 Å². The van der Waals surface area contributed by atoms with Crippen LogP contribution in [0.15, 0.2) is 48.5 Å². The molecule has 6 rings (SSSR count). The SMILES string of the molecule is Cc1nc(C)c(-c2ccc3c(c2)CCN(Cc2ccccc2F)C3)c(-c2cc(F)c3c(c2C)CCCO3)c1CC(=O)O. The number of benzene rings is 3. The van der Waals surface area contributed by atoms with Gasteiger partial charge >= 0.3 is 5.97 Å². The van der Waals surface area contributed by atoms with E-state index in [9.17, 15) is 14.3 Å². The molecule has 2 aliphatic heterocycles. The molecule has 0 saturated carbocycles. The minimum absolute atomic E-state index is 0.189. The zero-order chi connectivity index (χ0) is 29.5. The van der Waals surface area contributed by atoms with Crippen LogP contribution in [-0.4, -0.2) is 34.1 Å². The molecule has 4 aromatic rings. The normalized spacial score (nSPS) is 14.7. The Morgan fingerprint density at radius 2 is 1.79 bits per heavy atom. The Morgan fingerprint density at radius 3 is 2.57 bits per heavy atom. The lowest BCUT2D eigenvalue weighted by molar-refractivity contribution is -0.136. The number of halogens is 2. The van der Waals surface area contributed by atoms with Crippen molar-refractivity contribution >= 4 is 5.97 Å². The van der Waals surface area contributed by atoms with Crippen LogP contribution in [0.25, 0.3) is 22.3 Å². The molecule has 5 nitrogen and oxygen atoms in total. The summed E-state index contributed by atoms with van der Waals surface area (Å²) in [4.78, 5) is 19.1. The van der Waals surface area contributed by atoms with Crippen molar-refractivity contribution in [2.24, 2.45) is 0 Å². The number of carboxylic acids is 1. The smallest absolute Gasteiger partial charge is 0.307 e. The Bertz CT molecular complexity index is 1720. The van der Waals surface area contributed by atoms with Crippen LogP contribution < -0.4 is 4.74 Å². The third-order valence-electron chi connectivity index (χ3n) is 8.66. The fourth-order valence-corrected chi connectivity index (χ4v) is 6.59. The zero-order valence-electron chi connectivity index (χ0n) is 24.2. The summed E-state index contributed by atoms with van der Waals surface area (Å²) < 4.78 is 35.5. The van der Waals surface area contributed by atoms with Crippen molar-refractivity contribution in [1.82, 2.24) is 9.88 Å². The molecular weight excluding hydrogens is 534 g/mol. The number of carbonyl (C=O) groups is 1. The largest absolute Gasteiger partial charge is 0.490 e. The monoisotopic (exact) mass is 568 g/mol. The molecule has 216 valence electrons. The molecule has 42 heavy (non-hydrogen) atoms. The number of aliphatic carboxylic acids is 1. The average Bonchev–Trinajstić information content (AvgIpc) is 2.97. The first-order valence-electron chi connectivity index (χ1n) is 14.5. The molecule has 0 amide bonds. The maximum Gasteiger partial charge on any atom is 0.307 e. The molecular formula is C35H34F2N2O3. The van der Waals surface area contributed by atoms with Gasteiger partial charge in [-0.25, -0.2) is 8.78 Å². The van der Waals surface area contributed by atoms with E-state index in [4.69, 9.17) is 9.72 Å². The molecule has 0 radical (unpaired) electrons. The number of hydrogen-bond donors (Lipinski definition) is 1. The van der Waals surface area contributed by atoms with E-state index < -0.39 is 11.8 Å². The van der Waals surface area contributed by atoms with Crippen LogP contribution in [0, 0.1) is 32.4 Å². The van der Waals surface area contributed by atoms with E-state index in [1.807, 2.05) is 39.0 Å². The third-order valence-corrected chi connectivity index (χ3v) is 8.66. The van der Waals surface area contributed by atoms with Crippen LogP contribution in [0.2, 0.25) is 0 Å². The van der Waals surface area contributed by atoms with Gasteiger partial charge in [0, 0.05) is 47.7 Å². The second-order valence-corrected chi connectivity index (χ2v) is 11.4. The summed E-state index contributed by atoms with van der Waals surface area (Å²) in [7, 11) is 0. The Labute approximate surface area is 244 Å². The highest BCUT2D eigenvalue weighted by atomic mass is 19.1. The second kappa shape index (κ2) is 11.3. The number of rotatable bonds is 6. The van der Waals surface area contributed by atoms with Crippen LogP contribution in [-0.2, 0) is 37.1 Å². The molecule has 0 atom stereocenters. The molecule has 0 spiro atoms. The first-order valence-corrected chi connectivity index (χ1v) is 14.5. The number of fused-ring (bicyclic) bond motifs is 2. The van der Waals surface area contributed by atoms with Crippen molar-refractivity contribution in [3.63, 3.8) is 0 Å². The minimum atomic E-state index is -0.962. The summed E-state index contributed by atoms with van der Waals surface area (Å²) >= 11 is 0. The van der Waals surface area contributed by atoms with Crippen LogP contribution in [0.1, 0.15) is 51.2 Å². The Kier molecular flexibility index (Phi) is 7.54. The lowest BCUT2D eigenvalue weighted by Gasteiger charge is -2.30. The third kappa shape index (κ3) is 5.18. The van der Waals surface area contributed by atoms with Crippen molar-refractivity contribution in [2.45, 2.75) is 59.5 Å². The maximum absolute atomic E-state index is 15.5. The molecule has 0 saturated heterocycles. The van der Waals surface area contributed by atoms with Crippen LogP contribution in [0.3, 0.4) is 0 Å². The van der Waals surface area contributed by atoms with E-state index in [-0.39, 0.29) is 12.2 Å². The maximum atomic E-state index is 15.5. The number of aryl methyl sites for hydroxylation is 2. The van der Waals surface area contributed by atoms with Gasteiger partial charge < -0.3 is 9.84 Å². The number of carboxylic acid groups (broad SMARTS) is 1. The molecule has 3 heterocycles. The summed E-state index contributed by atoms with van der Waals surface area (Å²) in [6.07, 6.45) is 2.10. The number of aromatic nitrogens is 1. The van der Waals surface area contributed by atoms with Gasteiger partial charge in [0.15, 0.2) is 11.6 Å². The van der Waals surface area contributed by atoms with Gasteiger partial charge in [0.1, 0.15) is 5.82 Å². The molecule has 0 aliphatic carbocycles. The number of ether oxygens (including phenoxy) is 1.